The molecular formula is C12H12FIN4. The third-order valence-electron chi connectivity index (χ3n) is 2.18. The second-order valence-corrected chi connectivity index (χ2v) is 4.71. The summed E-state index contributed by atoms with van der Waals surface area (Å²) in [4.78, 5) is 8.37. The molecule has 18 heavy (non-hydrogen) atoms. The molecule has 1 heterocycles. The number of benzene rings is 1. The zero-order valence-electron chi connectivity index (χ0n) is 9.74. The minimum Gasteiger partial charge on any atom is -0.354 e. The summed E-state index contributed by atoms with van der Waals surface area (Å²) < 4.78 is 13.8. The topological polar surface area (TPSA) is 49.8 Å². The molecule has 1 aromatic heterocycles. The van der Waals surface area contributed by atoms with Gasteiger partial charge in [0.05, 0.1) is 5.69 Å². The van der Waals surface area contributed by atoms with Gasteiger partial charge in [0.2, 0.25) is 5.95 Å². The largest absolute Gasteiger partial charge is 0.354 e. The Hall–Kier alpha value is -1.44. The molecule has 0 aliphatic heterocycles. The Balaban J connectivity index is 2.20. The van der Waals surface area contributed by atoms with Crippen LogP contribution in [0.1, 0.15) is 6.92 Å². The van der Waals surface area contributed by atoms with Crippen molar-refractivity contribution in [2.24, 2.45) is 0 Å². The number of nitrogens with zero attached hydrogens (tertiary/aromatic N) is 2. The summed E-state index contributed by atoms with van der Waals surface area (Å²) in [6, 6.07) is 6.33. The standard InChI is InChI=1S/C12H12FIN4/c1-2-15-12-16-6-5-11(18-12)17-10-4-3-8(13)7-9(10)14/h3-7H,2H2,1H3,(H2,15,16,17,18). The molecule has 6 heteroatoms. The average Bonchev–Trinajstić information content (AvgIpc) is 2.34. The van der Waals surface area contributed by atoms with Crippen molar-refractivity contribution in [3.8, 4) is 0 Å². The summed E-state index contributed by atoms with van der Waals surface area (Å²) in [6.45, 7) is 2.74. The number of rotatable bonds is 4. The van der Waals surface area contributed by atoms with Crippen molar-refractivity contribution < 1.29 is 4.39 Å². The monoisotopic (exact) mass is 358 g/mol. The van der Waals surface area contributed by atoms with Crippen LogP contribution in [0.2, 0.25) is 0 Å². The molecule has 0 atom stereocenters. The third kappa shape index (κ3) is 3.28. The molecule has 0 radical (unpaired) electrons. The van der Waals surface area contributed by atoms with Crippen LogP contribution in [0.15, 0.2) is 30.5 Å². The van der Waals surface area contributed by atoms with Gasteiger partial charge in [0.1, 0.15) is 11.6 Å². The van der Waals surface area contributed by atoms with Crippen LogP contribution >= 0.6 is 22.6 Å². The van der Waals surface area contributed by atoms with E-state index in [0.717, 1.165) is 15.8 Å². The van der Waals surface area contributed by atoms with Crippen LogP contribution in [0.4, 0.5) is 21.8 Å². The minimum atomic E-state index is -0.249. The molecule has 0 spiro atoms. The summed E-state index contributed by atoms with van der Waals surface area (Å²) >= 11 is 2.08. The highest BCUT2D eigenvalue weighted by molar-refractivity contribution is 14.1. The van der Waals surface area contributed by atoms with Gasteiger partial charge in [-0.1, -0.05) is 0 Å². The molecule has 2 N–H and O–H groups in total. The van der Waals surface area contributed by atoms with E-state index in [1.165, 1.54) is 12.1 Å². The Labute approximate surface area is 118 Å². The van der Waals surface area contributed by atoms with Crippen molar-refractivity contribution in [3.05, 3.63) is 39.8 Å². The molecule has 0 saturated carbocycles. The van der Waals surface area contributed by atoms with E-state index in [0.29, 0.717) is 11.8 Å². The smallest absolute Gasteiger partial charge is 0.224 e. The van der Waals surface area contributed by atoms with Gasteiger partial charge in [0, 0.05) is 16.3 Å². The van der Waals surface area contributed by atoms with Crippen LogP contribution in [-0.2, 0) is 0 Å². The molecule has 94 valence electrons. The van der Waals surface area contributed by atoms with Crippen LogP contribution < -0.4 is 10.6 Å². The maximum absolute atomic E-state index is 13.0. The number of aromatic nitrogens is 2. The van der Waals surface area contributed by atoms with Crippen LogP contribution in [0, 0.1) is 9.39 Å². The van der Waals surface area contributed by atoms with Crippen molar-refractivity contribution in [2.75, 3.05) is 17.2 Å². The van der Waals surface area contributed by atoms with E-state index in [2.05, 4.69) is 43.2 Å². The Morgan fingerprint density at radius 3 is 2.89 bits per heavy atom. The first-order chi connectivity index (χ1) is 8.69. The highest BCUT2D eigenvalue weighted by Gasteiger charge is 2.03. The quantitative estimate of drug-likeness (QED) is 0.823. The van der Waals surface area contributed by atoms with Crippen molar-refractivity contribution in [3.63, 3.8) is 0 Å². The molecule has 0 amide bonds. The SMILES string of the molecule is CCNc1nccc(Nc2ccc(F)cc2I)n1. The molecule has 2 aromatic rings. The number of hydrogen-bond acceptors (Lipinski definition) is 4. The number of hydrogen-bond donors (Lipinski definition) is 2. The second kappa shape index (κ2) is 5.94. The maximum atomic E-state index is 13.0. The van der Waals surface area contributed by atoms with Gasteiger partial charge in [-0.3, -0.25) is 0 Å². The molecule has 4 nitrogen and oxygen atoms in total. The summed E-state index contributed by atoms with van der Waals surface area (Å²) in [7, 11) is 0. The normalized spacial score (nSPS) is 10.2. The molecule has 0 aliphatic carbocycles. The van der Waals surface area contributed by atoms with E-state index in [1.54, 1.807) is 18.3 Å². The summed E-state index contributed by atoms with van der Waals surface area (Å²) in [5.74, 6) is 0.992. The van der Waals surface area contributed by atoms with Gasteiger partial charge < -0.3 is 10.6 Å². The molecule has 0 bridgehead atoms. The highest BCUT2D eigenvalue weighted by Crippen LogP contribution is 2.22. The minimum absolute atomic E-state index is 0.249. The van der Waals surface area contributed by atoms with Gasteiger partial charge >= 0.3 is 0 Å². The lowest BCUT2D eigenvalue weighted by molar-refractivity contribution is 0.627. The first kappa shape index (κ1) is 13.0. The summed E-state index contributed by atoms with van der Waals surface area (Å²) in [5, 5.41) is 6.17. The zero-order chi connectivity index (χ0) is 13.0. The molecular weight excluding hydrogens is 346 g/mol. The molecule has 0 saturated heterocycles. The van der Waals surface area contributed by atoms with Gasteiger partial charge in [-0.05, 0) is 53.8 Å². The lowest BCUT2D eigenvalue weighted by atomic mass is 10.3. The highest BCUT2D eigenvalue weighted by atomic mass is 127. The third-order valence-corrected chi connectivity index (χ3v) is 3.08. The van der Waals surface area contributed by atoms with E-state index < -0.39 is 0 Å². The Morgan fingerprint density at radius 2 is 2.17 bits per heavy atom. The Morgan fingerprint density at radius 1 is 1.33 bits per heavy atom. The molecule has 0 aliphatic rings. The second-order valence-electron chi connectivity index (χ2n) is 3.54. The van der Waals surface area contributed by atoms with E-state index in [4.69, 9.17) is 0 Å². The fourth-order valence-corrected chi connectivity index (χ4v) is 2.01. The van der Waals surface area contributed by atoms with Crippen LogP contribution in [0.25, 0.3) is 0 Å². The number of anilines is 3. The predicted octanol–water partition coefficient (Wildman–Crippen LogP) is 3.40. The van der Waals surface area contributed by atoms with Crippen molar-refractivity contribution in [1.29, 1.82) is 0 Å². The fourth-order valence-electron chi connectivity index (χ4n) is 1.40. The van der Waals surface area contributed by atoms with E-state index in [1.807, 2.05) is 6.92 Å². The average molecular weight is 358 g/mol. The van der Waals surface area contributed by atoms with Gasteiger partial charge in [-0.15, -0.1) is 0 Å². The molecule has 0 fully saturated rings. The van der Waals surface area contributed by atoms with Gasteiger partial charge in [0.15, 0.2) is 0 Å². The van der Waals surface area contributed by atoms with Gasteiger partial charge in [-0.2, -0.15) is 4.98 Å². The Kier molecular flexibility index (Phi) is 4.29. The van der Waals surface area contributed by atoms with Crippen LogP contribution in [0.3, 0.4) is 0 Å². The summed E-state index contributed by atoms with van der Waals surface area (Å²) in [5.41, 5.74) is 0.818. The van der Waals surface area contributed by atoms with E-state index in [9.17, 15) is 4.39 Å². The lowest BCUT2D eigenvalue weighted by Crippen LogP contribution is -2.04. The van der Waals surface area contributed by atoms with E-state index in [-0.39, 0.29) is 5.82 Å². The van der Waals surface area contributed by atoms with Crippen molar-refractivity contribution in [1.82, 2.24) is 9.97 Å². The van der Waals surface area contributed by atoms with Gasteiger partial charge in [-0.25, -0.2) is 9.37 Å². The lowest BCUT2D eigenvalue weighted by Gasteiger charge is -2.09. The maximum Gasteiger partial charge on any atom is 0.224 e. The first-order valence-electron chi connectivity index (χ1n) is 5.48. The fraction of sp³-hybridized carbons (Fsp3) is 0.167. The predicted molar refractivity (Wildman–Crippen MR) is 78.6 cm³/mol. The number of nitrogens with one attached hydrogen (secondary N) is 2. The molecule has 2 rings (SSSR count). The van der Waals surface area contributed by atoms with Crippen molar-refractivity contribution >= 4 is 40.0 Å². The van der Waals surface area contributed by atoms with Gasteiger partial charge in [0.25, 0.3) is 0 Å². The first-order valence-corrected chi connectivity index (χ1v) is 6.56. The van der Waals surface area contributed by atoms with Crippen LogP contribution in [0.5, 0.6) is 0 Å². The van der Waals surface area contributed by atoms with Crippen molar-refractivity contribution in [2.45, 2.75) is 6.92 Å². The summed E-state index contributed by atoms with van der Waals surface area (Å²) in [6.07, 6.45) is 1.67. The van der Waals surface area contributed by atoms with E-state index >= 15 is 0 Å². The molecule has 1 aromatic carbocycles. The Bertz CT molecular complexity index is 547. The van der Waals surface area contributed by atoms with Crippen LogP contribution in [-0.4, -0.2) is 16.5 Å². The molecule has 0 unspecified atom stereocenters. The zero-order valence-corrected chi connectivity index (χ0v) is 11.9. The number of halogens is 2.